The number of carbonyl (C=O) groups is 2. The lowest BCUT2D eigenvalue weighted by molar-refractivity contribution is -0.141. The summed E-state index contributed by atoms with van der Waals surface area (Å²) in [7, 11) is 0. The lowest BCUT2D eigenvalue weighted by atomic mass is 10.1. The lowest BCUT2D eigenvalue weighted by Gasteiger charge is -2.11. The van der Waals surface area contributed by atoms with E-state index in [9.17, 15) is 9.59 Å². The average molecular weight is 262 g/mol. The highest BCUT2D eigenvalue weighted by Crippen LogP contribution is 2.17. The van der Waals surface area contributed by atoms with Gasteiger partial charge in [-0.2, -0.15) is 0 Å². The Bertz CT molecular complexity index is 605. The van der Waals surface area contributed by atoms with Crippen molar-refractivity contribution in [2.75, 3.05) is 0 Å². The van der Waals surface area contributed by atoms with Crippen LogP contribution in [0.5, 0.6) is 0 Å². The number of hydrogen-bond acceptors (Lipinski definition) is 4. The Labute approximate surface area is 109 Å². The molecule has 1 amide bonds. The number of rotatable bonds is 5. The Morgan fingerprint density at radius 2 is 2.16 bits per heavy atom. The smallest absolute Gasteiger partial charge is 0.326 e. The second-order valence-electron chi connectivity index (χ2n) is 4.17. The standard InChI is InChI=1S/C13H14N2O4/c1-2-9(13(17)18)14-12(16)7-10-8-5-3-4-6-11(8)19-15-10/h3-6,9H,2,7H2,1H3,(H,14,16)(H,17,18)/t9-/m1/s1. The molecule has 0 aliphatic rings. The number of fused-ring (bicyclic) bond motifs is 1. The molecular formula is C13H14N2O4. The van der Waals surface area contributed by atoms with Gasteiger partial charge >= 0.3 is 5.97 Å². The van der Waals surface area contributed by atoms with Gasteiger partial charge in [-0.1, -0.05) is 24.2 Å². The molecule has 1 atom stereocenters. The summed E-state index contributed by atoms with van der Waals surface area (Å²) in [5.74, 6) is -1.42. The quantitative estimate of drug-likeness (QED) is 0.848. The molecule has 0 fully saturated rings. The van der Waals surface area contributed by atoms with Gasteiger partial charge in [0.1, 0.15) is 11.7 Å². The highest BCUT2D eigenvalue weighted by molar-refractivity contribution is 5.88. The maximum absolute atomic E-state index is 11.8. The number of carbonyl (C=O) groups excluding carboxylic acids is 1. The van der Waals surface area contributed by atoms with Crippen molar-refractivity contribution < 1.29 is 19.2 Å². The van der Waals surface area contributed by atoms with Crippen LogP contribution in [0.3, 0.4) is 0 Å². The highest BCUT2D eigenvalue weighted by atomic mass is 16.5. The highest BCUT2D eigenvalue weighted by Gasteiger charge is 2.19. The minimum atomic E-state index is -1.04. The Morgan fingerprint density at radius 3 is 2.84 bits per heavy atom. The summed E-state index contributed by atoms with van der Waals surface area (Å²) in [4.78, 5) is 22.6. The molecule has 2 aromatic rings. The molecule has 1 aromatic carbocycles. The molecule has 0 saturated carbocycles. The zero-order chi connectivity index (χ0) is 13.8. The number of benzene rings is 1. The topological polar surface area (TPSA) is 92.4 Å². The minimum Gasteiger partial charge on any atom is -0.480 e. The van der Waals surface area contributed by atoms with Crippen molar-refractivity contribution in [2.24, 2.45) is 0 Å². The number of hydrogen-bond donors (Lipinski definition) is 2. The van der Waals surface area contributed by atoms with Gasteiger partial charge in [0, 0.05) is 5.39 Å². The van der Waals surface area contributed by atoms with Gasteiger partial charge in [0.25, 0.3) is 0 Å². The van der Waals surface area contributed by atoms with Gasteiger partial charge in [-0.25, -0.2) is 4.79 Å². The third-order valence-corrected chi connectivity index (χ3v) is 2.82. The van der Waals surface area contributed by atoms with Crippen LogP contribution in [0.2, 0.25) is 0 Å². The molecule has 0 radical (unpaired) electrons. The predicted molar refractivity (Wildman–Crippen MR) is 67.6 cm³/mol. The van der Waals surface area contributed by atoms with Crippen LogP contribution >= 0.6 is 0 Å². The molecule has 19 heavy (non-hydrogen) atoms. The number of aliphatic carboxylic acids is 1. The Kier molecular flexibility index (Phi) is 3.79. The molecular weight excluding hydrogens is 248 g/mol. The SMILES string of the molecule is CC[C@@H](NC(=O)Cc1noc2ccccc12)C(=O)O. The third-order valence-electron chi connectivity index (χ3n) is 2.82. The fourth-order valence-corrected chi connectivity index (χ4v) is 1.80. The molecule has 0 bridgehead atoms. The first-order valence-corrected chi connectivity index (χ1v) is 5.97. The number of nitrogens with one attached hydrogen (secondary N) is 1. The van der Waals surface area contributed by atoms with Gasteiger partial charge in [-0.15, -0.1) is 0 Å². The predicted octanol–water partition coefficient (Wildman–Crippen LogP) is 1.35. The summed E-state index contributed by atoms with van der Waals surface area (Å²) in [5, 5.41) is 15.9. The largest absolute Gasteiger partial charge is 0.480 e. The molecule has 2 rings (SSSR count). The Balaban J connectivity index is 2.09. The van der Waals surface area contributed by atoms with E-state index in [4.69, 9.17) is 9.63 Å². The number of carboxylic acid groups (broad SMARTS) is 1. The molecule has 1 heterocycles. The van der Waals surface area contributed by atoms with Gasteiger partial charge in [-0.3, -0.25) is 4.79 Å². The van der Waals surface area contributed by atoms with E-state index in [0.29, 0.717) is 17.7 Å². The second kappa shape index (κ2) is 5.51. The minimum absolute atomic E-state index is 0.000787. The van der Waals surface area contributed by atoms with Gasteiger partial charge in [0.05, 0.1) is 6.42 Å². The van der Waals surface area contributed by atoms with Crippen LogP contribution in [-0.4, -0.2) is 28.2 Å². The maximum atomic E-state index is 11.8. The molecule has 1 aromatic heterocycles. The lowest BCUT2D eigenvalue weighted by Crippen LogP contribution is -2.41. The van der Waals surface area contributed by atoms with E-state index >= 15 is 0 Å². The van der Waals surface area contributed by atoms with E-state index in [-0.39, 0.29) is 12.3 Å². The number of carboxylic acids is 1. The van der Waals surface area contributed by atoms with Crippen molar-refractivity contribution in [3.8, 4) is 0 Å². The summed E-state index contributed by atoms with van der Waals surface area (Å²) in [6.45, 7) is 1.70. The van der Waals surface area contributed by atoms with Crippen LogP contribution in [0.4, 0.5) is 0 Å². The van der Waals surface area contributed by atoms with Crippen molar-refractivity contribution in [1.82, 2.24) is 10.5 Å². The summed E-state index contributed by atoms with van der Waals surface area (Å²) in [6, 6.07) is 6.34. The molecule has 0 spiro atoms. The summed E-state index contributed by atoms with van der Waals surface area (Å²) < 4.78 is 5.08. The summed E-state index contributed by atoms with van der Waals surface area (Å²) in [6.07, 6.45) is 0.335. The van der Waals surface area contributed by atoms with E-state index in [1.807, 2.05) is 18.2 Å². The van der Waals surface area contributed by atoms with Crippen molar-refractivity contribution in [1.29, 1.82) is 0 Å². The fraction of sp³-hybridized carbons (Fsp3) is 0.308. The third kappa shape index (κ3) is 2.90. The van der Waals surface area contributed by atoms with E-state index in [0.717, 1.165) is 5.39 Å². The van der Waals surface area contributed by atoms with Crippen molar-refractivity contribution >= 4 is 22.8 Å². The van der Waals surface area contributed by atoms with Crippen molar-refractivity contribution in [3.63, 3.8) is 0 Å². The Morgan fingerprint density at radius 1 is 1.42 bits per heavy atom. The van der Waals surface area contributed by atoms with Gasteiger partial charge < -0.3 is 14.9 Å². The van der Waals surface area contributed by atoms with Gasteiger partial charge in [-0.05, 0) is 18.6 Å². The van der Waals surface area contributed by atoms with Crippen LogP contribution in [0.1, 0.15) is 19.0 Å². The molecule has 0 aliphatic carbocycles. The zero-order valence-electron chi connectivity index (χ0n) is 10.4. The van der Waals surface area contributed by atoms with Crippen LogP contribution in [0, 0.1) is 0 Å². The van der Waals surface area contributed by atoms with Crippen LogP contribution in [0.15, 0.2) is 28.8 Å². The first kappa shape index (κ1) is 13.1. The van der Waals surface area contributed by atoms with E-state index in [2.05, 4.69) is 10.5 Å². The molecule has 0 saturated heterocycles. The van der Waals surface area contributed by atoms with Gasteiger partial charge in [0.2, 0.25) is 5.91 Å². The van der Waals surface area contributed by atoms with Crippen LogP contribution in [-0.2, 0) is 16.0 Å². The number of aromatic nitrogens is 1. The molecule has 0 aliphatic heterocycles. The number of para-hydroxylation sites is 1. The second-order valence-corrected chi connectivity index (χ2v) is 4.17. The summed E-state index contributed by atoms with van der Waals surface area (Å²) >= 11 is 0. The normalized spacial score (nSPS) is 12.3. The first-order chi connectivity index (χ1) is 9.11. The monoisotopic (exact) mass is 262 g/mol. The van der Waals surface area contributed by atoms with Gasteiger partial charge in [0.15, 0.2) is 5.58 Å². The Hall–Kier alpha value is -2.37. The molecule has 2 N–H and O–H groups in total. The molecule has 100 valence electrons. The van der Waals surface area contributed by atoms with E-state index < -0.39 is 12.0 Å². The average Bonchev–Trinajstić information content (AvgIpc) is 2.79. The van der Waals surface area contributed by atoms with Crippen LogP contribution < -0.4 is 5.32 Å². The molecule has 0 unspecified atom stereocenters. The van der Waals surface area contributed by atoms with E-state index in [1.54, 1.807) is 13.0 Å². The van der Waals surface area contributed by atoms with E-state index in [1.165, 1.54) is 0 Å². The number of nitrogens with zero attached hydrogens (tertiary/aromatic N) is 1. The fourth-order valence-electron chi connectivity index (χ4n) is 1.80. The summed E-state index contributed by atoms with van der Waals surface area (Å²) in [5.41, 5.74) is 1.11. The zero-order valence-corrected chi connectivity index (χ0v) is 10.4. The van der Waals surface area contributed by atoms with Crippen LogP contribution in [0.25, 0.3) is 11.0 Å². The molecule has 6 nitrogen and oxygen atoms in total. The number of amides is 1. The molecule has 6 heteroatoms. The van der Waals surface area contributed by atoms with Crippen molar-refractivity contribution in [3.05, 3.63) is 30.0 Å². The first-order valence-electron chi connectivity index (χ1n) is 5.97. The van der Waals surface area contributed by atoms with Crippen molar-refractivity contribution in [2.45, 2.75) is 25.8 Å². The maximum Gasteiger partial charge on any atom is 0.326 e.